The second kappa shape index (κ2) is 6.07. The molecule has 0 bridgehead atoms. The van der Waals surface area contributed by atoms with Gasteiger partial charge in [-0.15, -0.1) is 0 Å². The van der Waals surface area contributed by atoms with E-state index < -0.39 is 15.8 Å². The largest absolute Gasteiger partial charge is 0.398 e. The van der Waals surface area contributed by atoms with E-state index >= 15 is 0 Å². The number of halogens is 1. The van der Waals surface area contributed by atoms with Crippen LogP contribution in [0.1, 0.15) is 25.7 Å². The molecule has 1 aromatic rings. The number of sulfonamides is 1. The van der Waals surface area contributed by atoms with E-state index in [4.69, 9.17) is 10.8 Å². The zero-order chi connectivity index (χ0) is 14.8. The average Bonchev–Trinajstić information content (AvgIpc) is 2.42. The molecule has 0 aliphatic carbocycles. The maximum atomic E-state index is 13.3. The molecule has 0 amide bonds. The number of aliphatic hydroxyl groups excluding tert-OH is 1. The Morgan fingerprint density at radius 3 is 2.85 bits per heavy atom. The Kier molecular flexibility index (Phi) is 4.62. The minimum absolute atomic E-state index is 0.0414. The van der Waals surface area contributed by atoms with Gasteiger partial charge in [-0.3, -0.25) is 0 Å². The molecular weight excluding hydrogens is 283 g/mol. The third-order valence-corrected chi connectivity index (χ3v) is 5.61. The van der Waals surface area contributed by atoms with Gasteiger partial charge in [0, 0.05) is 19.2 Å². The second-order valence-corrected chi connectivity index (χ2v) is 6.82. The molecule has 20 heavy (non-hydrogen) atoms. The molecule has 5 nitrogen and oxygen atoms in total. The summed E-state index contributed by atoms with van der Waals surface area (Å²) in [6.07, 6.45) is 2.77. The summed E-state index contributed by atoms with van der Waals surface area (Å²) in [6, 6.07) is 3.10. The SMILES string of the molecule is Nc1ccc(F)cc1S(=O)(=O)N1CCCCC1CCO. The Morgan fingerprint density at radius 1 is 1.40 bits per heavy atom. The molecule has 1 saturated heterocycles. The van der Waals surface area contributed by atoms with Gasteiger partial charge >= 0.3 is 0 Å². The van der Waals surface area contributed by atoms with Gasteiger partial charge in [0.1, 0.15) is 10.7 Å². The van der Waals surface area contributed by atoms with Gasteiger partial charge in [-0.05, 0) is 37.5 Å². The summed E-state index contributed by atoms with van der Waals surface area (Å²) >= 11 is 0. The minimum atomic E-state index is -3.83. The molecule has 1 aliphatic rings. The molecule has 0 aromatic heterocycles. The quantitative estimate of drug-likeness (QED) is 0.822. The Labute approximate surface area is 118 Å². The first-order valence-corrected chi connectivity index (χ1v) is 8.08. The standard InChI is InChI=1S/C13H19FN2O3S/c14-10-4-5-12(15)13(9-10)20(18,19)16-7-2-1-3-11(16)6-8-17/h4-5,9,11,17H,1-3,6-8,15H2. The van der Waals surface area contributed by atoms with Crippen molar-refractivity contribution in [2.24, 2.45) is 0 Å². The van der Waals surface area contributed by atoms with Gasteiger partial charge in [-0.1, -0.05) is 6.42 Å². The van der Waals surface area contributed by atoms with Crippen LogP contribution in [0.2, 0.25) is 0 Å². The number of aliphatic hydroxyl groups is 1. The molecule has 1 atom stereocenters. The van der Waals surface area contributed by atoms with Crippen molar-refractivity contribution in [3.05, 3.63) is 24.0 Å². The van der Waals surface area contributed by atoms with E-state index in [2.05, 4.69) is 0 Å². The normalized spacial score (nSPS) is 21.0. The van der Waals surface area contributed by atoms with Crippen molar-refractivity contribution in [3.63, 3.8) is 0 Å². The molecular formula is C13H19FN2O3S. The lowest BCUT2D eigenvalue weighted by Gasteiger charge is -2.34. The van der Waals surface area contributed by atoms with Crippen LogP contribution in [0.4, 0.5) is 10.1 Å². The van der Waals surface area contributed by atoms with Gasteiger partial charge in [0.05, 0.1) is 5.69 Å². The fourth-order valence-corrected chi connectivity index (χ4v) is 4.44. The number of nitrogens with two attached hydrogens (primary N) is 1. The van der Waals surface area contributed by atoms with E-state index in [1.54, 1.807) is 0 Å². The Bertz CT molecular complexity index is 575. The lowest BCUT2D eigenvalue weighted by molar-refractivity contribution is 0.192. The molecule has 1 aromatic carbocycles. The molecule has 1 aliphatic heterocycles. The van der Waals surface area contributed by atoms with Crippen molar-refractivity contribution in [1.29, 1.82) is 0 Å². The summed E-state index contributed by atoms with van der Waals surface area (Å²) in [5.41, 5.74) is 5.72. The molecule has 0 spiro atoms. The topological polar surface area (TPSA) is 83.6 Å². The Hall–Kier alpha value is -1.18. The van der Waals surface area contributed by atoms with Crippen LogP contribution in [0.5, 0.6) is 0 Å². The summed E-state index contributed by atoms with van der Waals surface area (Å²) in [6.45, 7) is 0.304. The third kappa shape index (κ3) is 2.94. The van der Waals surface area contributed by atoms with Gasteiger partial charge in [0.25, 0.3) is 0 Å². The van der Waals surface area contributed by atoms with E-state index in [0.717, 1.165) is 25.0 Å². The van der Waals surface area contributed by atoms with Crippen molar-refractivity contribution in [2.75, 3.05) is 18.9 Å². The predicted octanol–water partition coefficient (Wildman–Crippen LogP) is 1.33. The number of hydrogen-bond acceptors (Lipinski definition) is 4. The number of benzene rings is 1. The smallest absolute Gasteiger partial charge is 0.245 e. The molecule has 112 valence electrons. The van der Waals surface area contributed by atoms with Crippen molar-refractivity contribution < 1.29 is 17.9 Å². The lowest BCUT2D eigenvalue weighted by atomic mass is 10.0. The van der Waals surface area contributed by atoms with Crippen molar-refractivity contribution in [2.45, 2.75) is 36.6 Å². The molecule has 1 heterocycles. The van der Waals surface area contributed by atoms with Crippen LogP contribution < -0.4 is 5.73 Å². The zero-order valence-corrected chi connectivity index (χ0v) is 11.9. The number of nitrogen functional groups attached to an aromatic ring is 1. The highest BCUT2D eigenvalue weighted by atomic mass is 32.2. The maximum absolute atomic E-state index is 13.3. The van der Waals surface area contributed by atoms with Crippen LogP contribution in [0.25, 0.3) is 0 Å². The van der Waals surface area contributed by atoms with E-state index in [-0.39, 0.29) is 23.2 Å². The molecule has 2 rings (SSSR count). The number of rotatable bonds is 4. The molecule has 0 saturated carbocycles. The van der Waals surface area contributed by atoms with Crippen molar-refractivity contribution in [3.8, 4) is 0 Å². The number of nitrogens with zero attached hydrogens (tertiary/aromatic N) is 1. The summed E-state index contributed by atoms with van der Waals surface area (Å²) in [4.78, 5) is -0.192. The fraction of sp³-hybridized carbons (Fsp3) is 0.538. The van der Waals surface area contributed by atoms with Gasteiger partial charge in [0.2, 0.25) is 10.0 Å². The first-order chi connectivity index (χ1) is 9.46. The van der Waals surface area contributed by atoms with Gasteiger partial charge in [-0.25, -0.2) is 12.8 Å². The number of hydrogen-bond donors (Lipinski definition) is 2. The highest BCUT2D eigenvalue weighted by Gasteiger charge is 2.34. The van der Waals surface area contributed by atoms with E-state index in [9.17, 15) is 12.8 Å². The molecule has 3 N–H and O–H groups in total. The van der Waals surface area contributed by atoms with E-state index in [1.165, 1.54) is 10.4 Å². The first kappa shape index (κ1) is 15.2. The molecule has 0 radical (unpaired) electrons. The fourth-order valence-electron chi connectivity index (χ4n) is 2.59. The Balaban J connectivity index is 2.39. The summed E-state index contributed by atoms with van der Waals surface area (Å²) in [7, 11) is -3.83. The van der Waals surface area contributed by atoms with Crippen LogP contribution in [0, 0.1) is 5.82 Å². The predicted molar refractivity (Wildman–Crippen MR) is 74.0 cm³/mol. The van der Waals surface area contributed by atoms with Crippen LogP contribution in [-0.4, -0.2) is 37.0 Å². The summed E-state index contributed by atoms with van der Waals surface area (Å²) < 4.78 is 39.9. The highest BCUT2D eigenvalue weighted by molar-refractivity contribution is 7.89. The second-order valence-electron chi connectivity index (χ2n) is 4.96. The van der Waals surface area contributed by atoms with Gasteiger partial charge < -0.3 is 10.8 Å². The molecule has 1 fully saturated rings. The number of anilines is 1. The Morgan fingerprint density at radius 2 is 2.15 bits per heavy atom. The van der Waals surface area contributed by atoms with Gasteiger partial charge in [0.15, 0.2) is 0 Å². The summed E-state index contributed by atoms with van der Waals surface area (Å²) in [5.74, 6) is -0.631. The van der Waals surface area contributed by atoms with Gasteiger partial charge in [-0.2, -0.15) is 4.31 Å². The first-order valence-electron chi connectivity index (χ1n) is 6.64. The van der Waals surface area contributed by atoms with Crippen LogP contribution in [-0.2, 0) is 10.0 Å². The van der Waals surface area contributed by atoms with E-state index in [1.807, 2.05) is 0 Å². The summed E-state index contributed by atoms with van der Waals surface area (Å²) in [5, 5.41) is 9.07. The van der Waals surface area contributed by atoms with E-state index in [0.29, 0.717) is 19.4 Å². The highest BCUT2D eigenvalue weighted by Crippen LogP contribution is 2.30. The number of piperidine rings is 1. The van der Waals surface area contributed by atoms with Crippen LogP contribution in [0.3, 0.4) is 0 Å². The molecule has 1 unspecified atom stereocenters. The van der Waals surface area contributed by atoms with Crippen LogP contribution in [0.15, 0.2) is 23.1 Å². The molecule has 7 heteroatoms. The maximum Gasteiger partial charge on any atom is 0.245 e. The monoisotopic (exact) mass is 302 g/mol. The average molecular weight is 302 g/mol. The minimum Gasteiger partial charge on any atom is -0.398 e. The zero-order valence-electron chi connectivity index (χ0n) is 11.1. The third-order valence-electron chi connectivity index (χ3n) is 3.60. The van der Waals surface area contributed by atoms with Crippen molar-refractivity contribution >= 4 is 15.7 Å². The van der Waals surface area contributed by atoms with Crippen LogP contribution >= 0.6 is 0 Å². The van der Waals surface area contributed by atoms with Crippen molar-refractivity contribution in [1.82, 2.24) is 4.31 Å². The lowest BCUT2D eigenvalue weighted by Crippen LogP contribution is -2.44.